The van der Waals surface area contributed by atoms with Crippen LogP contribution in [0.1, 0.15) is 42.1 Å². The molecule has 0 unspecified atom stereocenters. The number of hydrogen-bond donors (Lipinski definition) is 0. The number of rotatable bonds is 4. The zero-order valence-corrected chi connectivity index (χ0v) is 12.2. The molecule has 1 aliphatic rings. The number of carbonyl (C=O) groups excluding carboxylic acids is 1. The summed E-state index contributed by atoms with van der Waals surface area (Å²) in [5.74, 6) is -0.291. The van der Waals surface area contributed by atoms with Crippen molar-refractivity contribution in [2.24, 2.45) is 5.92 Å². The van der Waals surface area contributed by atoms with Crippen LogP contribution in [0.25, 0.3) is 0 Å². The smallest absolute Gasteiger partial charge is 0.340 e. The fourth-order valence-electron chi connectivity index (χ4n) is 2.74. The van der Waals surface area contributed by atoms with Gasteiger partial charge in [-0.3, -0.25) is 4.90 Å². The van der Waals surface area contributed by atoms with Crippen molar-refractivity contribution in [1.29, 1.82) is 0 Å². The molecule has 1 aromatic rings. The van der Waals surface area contributed by atoms with Gasteiger partial charge in [0.15, 0.2) is 0 Å². The number of hydrogen-bond acceptors (Lipinski definition) is 3. The molecule has 1 saturated heterocycles. The Kier molecular flexibility index (Phi) is 5.12. The third kappa shape index (κ3) is 3.57. The van der Waals surface area contributed by atoms with Crippen molar-refractivity contribution in [3.63, 3.8) is 0 Å². The first-order valence-electron chi connectivity index (χ1n) is 7.23. The van der Waals surface area contributed by atoms with Gasteiger partial charge in [0.2, 0.25) is 0 Å². The fourth-order valence-corrected chi connectivity index (χ4v) is 2.74. The molecule has 0 aromatic heterocycles. The van der Waals surface area contributed by atoms with Crippen molar-refractivity contribution in [2.45, 2.75) is 32.7 Å². The molecular weight excluding hydrogens is 257 g/mol. The summed E-state index contributed by atoms with van der Waals surface area (Å²) in [5, 5.41) is 0. The summed E-state index contributed by atoms with van der Waals surface area (Å²) in [4.78, 5) is 13.7. The molecule has 0 spiro atoms. The molecule has 0 bridgehead atoms. The first kappa shape index (κ1) is 15.0. The predicted octanol–water partition coefficient (Wildman–Crippen LogP) is 3.23. The summed E-state index contributed by atoms with van der Waals surface area (Å²) in [6.07, 6.45) is 3.69. The van der Waals surface area contributed by atoms with Crippen LogP contribution in [0.15, 0.2) is 18.2 Å². The first-order chi connectivity index (χ1) is 9.63. The van der Waals surface area contributed by atoms with Crippen molar-refractivity contribution in [3.05, 3.63) is 35.1 Å². The van der Waals surface area contributed by atoms with E-state index in [9.17, 15) is 9.18 Å². The molecule has 4 heteroatoms. The Labute approximate surface area is 119 Å². The lowest BCUT2D eigenvalue weighted by Gasteiger charge is -2.31. The quantitative estimate of drug-likeness (QED) is 0.792. The summed E-state index contributed by atoms with van der Waals surface area (Å²) < 4.78 is 18.4. The second kappa shape index (κ2) is 6.84. The normalized spacial score (nSPS) is 17.1. The summed E-state index contributed by atoms with van der Waals surface area (Å²) in [5.41, 5.74) is 0.908. The Morgan fingerprint density at radius 3 is 2.65 bits per heavy atom. The van der Waals surface area contributed by atoms with E-state index < -0.39 is 11.8 Å². The van der Waals surface area contributed by atoms with Gasteiger partial charge in [0.05, 0.1) is 12.7 Å². The number of halogens is 1. The van der Waals surface area contributed by atoms with E-state index in [1.54, 1.807) is 6.07 Å². The van der Waals surface area contributed by atoms with Gasteiger partial charge in [0.1, 0.15) is 5.82 Å². The molecule has 3 nitrogen and oxygen atoms in total. The van der Waals surface area contributed by atoms with Crippen molar-refractivity contribution in [1.82, 2.24) is 4.90 Å². The molecule has 110 valence electrons. The van der Waals surface area contributed by atoms with E-state index in [0.29, 0.717) is 0 Å². The highest BCUT2D eigenvalue weighted by Crippen LogP contribution is 2.22. The van der Waals surface area contributed by atoms with Crippen LogP contribution in [0, 0.1) is 11.7 Å². The van der Waals surface area contributed by atoms with Gasteiger partial charge in [-0.1, -0.05) is 19.4 Å². The second-order valence-corrected chi connectivity index (χ2v) is 5.43. The lowest BCUT2D eigenvalue weighted by Crippen LogP contribution is -2.33. The minimum absolute atomic E-state index is 0.000871. The molecule has 0 saturated carbocycles. The van der Waals surface area contributed by atoms with Crippen molar-refractivity contribution >= 4 is 5.97 Å². The minimum Gasteiger partial charge on any atom is -0.465 e. The van der Waals surface area contributed by atoms with Gasteiger partial charge >= 0.3 is 5.97 Å². The molecule has 0 atom stereocenters. The zero-order chi connectivity index (χ0) is 14.5. The maximum absolute atomic E-state index is 13.8. The largest absolute Gasteiger partial charge is 0.465 e. The van der Waals surface area contributed by atoms with Gasteiger partial charge in [0, 0.05) is 6.54 Å². The van der Waals surface area contributed by atoms with E-state index in [1.807, 2.05) is 0 Å². The summed E-state index contributed by atoms with van der Waals surface area (Å²) in [6.45, 7) is 5.12. The highest BCUT2D eigenvalue weighted by molar-refractivity contribution is 5.89. The topological polar surface area (TPSA) is 29.5 Å². The number of benzene rings is 1. The maximum Gasteiger partial charge on any atom is 0.340 e. The van der Waals surface area contributed by atoms with Crippen LogP contribution < -0.4 is 0 Å². The van der Waals surface area contributed by atoms with Gasteiger partial charge in [-0.2, -0.15) is 0 Å². The molecule has 0 amide bonds. The summed E-state index contributed by atoms with van der Waals surface area (Å²) >= 11 is 0. The number of ether oxygens (including phenoxy) is 1. The summed E-state index contributed by atoms with van der Waals surface area (Å²) in [7, 11) is 1.26. The average molecular weight is 279 g/mol. The molecule has 20 heavy (non-hydrogen) atoms. The number of nitrogens with zero attached hydrogens (tertiary/aromatic N) is 1. The Bertz CT molecular complexity index is 468. The Morgan fingerprint density at radius 2 is 2.10 bits per heavy atom. The highest BCUT2D eigenvalue weighted by Gasteiger charge is 2.18. The third-order valence-corrected chi connectivity index (χ3v) is 4.13. The number of carbonyl (C=O) groups is 1. The highest BCUT2D eigenvalue weighted by atomic mass is 19.1. The third-order valence-electron chi connectivity index (χ3n) is 4.13. The van der Waals surface area contributed by atoms with Crippen LogP contribution in [0.3, 0.4) is 0 Å². The second-order valence-electron chi connectivity index (χ2n) is 5.43. The van der Waals surface area contributed by atoms with Crippen molar-refractivity contribution in [2.75, 3.05) is 20.2 Å². The SMILES string of the molecule is CCC1CCN(Cc2ccc(C(=O)OC)c(F)c2)CC1. The van der Waals surface area contributed by atoms with Gasteiger partial charge in [-0.05, 0) is 49.5 Å². The van der Waals surface area contributed by atoms with Gasteiger partial charge in [0.25, 0.3) is 0 Å². The molecule has 1 aromatic carbocycles. The van der Waals surface area contributed by atoms with Crippen LogP contribution in [0.5, 0.6) is 0 Å². The molecule has 0 aliphatic carbocycles. The Balaban J connectivity index is 1.97. The first-order valence-corrected chi connectivity index (χ1v) is 7.23. The van der Waals surface area contributed by atoms with Gasteiger partial charge < -0.3 is 4.74 Å². The number of likely N-dealkylation sites (tertiary alicyclic amines) is 1. The monoisotopic (exact) mass is 279 g/mol. The molecule has 1 heterocycles. The molecular formula is C16H22FNO2. The average Bonchev–Trinajstić information content (AvgIpc) is 2.47. The van der Waals surface area contributed by atoms with Crippen LogP contribution in [-0.4, -0.2) is 31.1 Å². The molecule has 2 rings (SSSR count). The van der Waals surface area contributed by atoms with Crippen molar-refractivity contribution < 1.29 is 13.9 Å². The maximum atomic E-state index is 13.8. The number of esters is 1. The van der Waals surface area contributed by atoms with E-state index >= 15 is 0 Å². The standard InChI is InChI=1S/C16H22FNO2/c1-3-12-6-8-18(9-7-12)11-13-4-5-14(15(17)10-13)16(19)20-2/h4-5,10,12H,3,6-9,11H2,1-2H3. The van der Waals surface area contributed by atoms with E-state index in [0.717, 1.165) is 31.1 Å². The molecule has 0 radical (unpaired) electrons. The molecule has 1 aliphatic heterocycles. The van der Waals surface area contributed by atoms with Crippen LogP contribution in [-0.2, 0) is 11.3 Å². The van der Waals surface area contributed by atoms with E-state index in [4.69, 9.17) is 0 Å². The predicted molar refractivity (Wildman–Crippen MR) is 76.0 cm³/mol. The van der Waals surface area contributed by atoms with E-state index in [1.165, 1.54) is 38.5 Å². The Morgan fingerprint density at radius 1 is 1.40 bits per heavy atom. The van der Waals surface area contributed by atoms with Crippen LogP contribution in [0.2, 0.25) is 0 Å². The van der Waals surface area contributed by atoms with E-state index in [2.05, 4.69) is 16.6 Å². The number of piperidine rings is 1. The minimum atomic E-state index is -0.627. The van der Waals surface area contributed by atoms with Crippen molar-refractivity contribution in [3.8, 4) is 0 Å². The number of methoxy groups -OCH3 is 1. The molecule has 0 N–H and O–H groups in total. The lowest BCUT2D eigenvalue weighted by molar-refractivity contribution is 0.0595. The van der Waals surface area contributed by atoms with Gasteiger partial charge in [-0.15, -0.1) is 0 Å². The van der Waals surface area contributed by atoms with E-state index in [-0.39, 0.29) is 5.56 Å². The van der Waals surface area contributed by atoms with Crippen LogP contribution >= 0.6 is 0 Å². The zero-order valence-electron chi connectivity index (χ0n) is 12.2. The van der Waals surface area contributed by atoms with Crippen LogP contribution in [0.4, 0.5) is 4.39 Å². The molecule has 1 fully saturated rings. The summed E-state index contributed by atoms with van der Waals surface area (Å²) in [6, 6.07) is 4.76. The lowest BCUT2D eigenvalue weighted by atomic mass is 9.94. The Hall–Kier alpha value is -1.42. The fraction of sp³-hybridized carbons (Fsp3) is 0.562. The van der Waals surface area contributed by atoms with Gasteiger partial charge in [-0.25, -0.2) is 9.18 Å².